The normalized spacial score (nSPS) is 18.0. The molecule has 3 rings (SSSR count). The Labute approximate surface area is 135 Å². The largest absolute Gasteiger partial charge is 0.496 e. The first kappa shape index (κ1) is 15.6. The van der Waals surface area contributed by atoms with Gasteiger partial charge in [-0.05, 0) is 19.9 Å². The van der Waals surface area contributed by atoms with Gasteiger partial charge in [0.05, 0.1) is 18.8 Å². The number of nitrogens with one attached hydrogen (secondary N) is 1. The second-order valence-electron chi connectivity index (χ2n) is 5.66. The molecule has 6 heteroatoms. The molecule has 1 aliphatic heterocycles. The van der Waals surface area contributed by atoms with E-state index in [1.165, 1.54) is 0 Å². The van der Waals surface area contributed by atoms with E-state index < -0.39 is 0 Å². The Morgan fingerprint density at radius 1 is 1.39 bits per heavy atom. The number of hydrogen-bond donors (Lipinski definition) is 1. The van der Waals surface area contributed by atoms with Gasteiger partial charge in [0.15, 0.2) is 0 Å². The molecule has 0 spiro atoms. The lowest BCUT2D eigenvalue weighted by molar-refractivity contribution is 0.0629. The van der Waals surface area contributed by atoms with E-state index in [0.29, 0.717) is 30.1 Å². The molecule has 1 aliphatic rings. The van der Waals surface area contributed by atoms with Crippen LogP contribution in [0, 0.1) is 13.8 Å². The number of amides is 1. The minimum absolute atomic E-state index is 0.0429. The summed E-state index contributed by atoms with van der Waals surface area (Å²) < 4.78 is 10.6. The number of carbonyl (C=O) groups excluding carboxylic acids is 1. The minimum Gasteiger partial charge on any atom is -0.496 e. The van der Waals surface area contributed by atoms with Crippen LogP contribution in [0.15, 0.2) is 28.8 Å². The van der Waals surface area contributed by atoms with Gasteiger partial charge in [-0.3, -0.25) is 4.79 Å². The average Bonchev–Trinajstić information content (AvgIpc) is 2.93. The zero-order chi connectivity index (χ0) is 16.4. The maximum atomic E-state index is 13.0. The van der Waals surface area contributed by atoms with Crippen LogP contribution in [0.3, 0.4) is 0 Å². The van der Waals surface area contributed by atoms with Crippen molar-refractivity contribution in [2.24, 2.45) is 0 Å². The number of ether oxygens (including phenoxy) is 1. The van der Waals surface area contributed by atoms with E-state index in [-0.39, 0.29) is 11.9 Å². The average molecular weight is 315 g/mol. The molecule has 1 N–H and O–H groups in total. The summed E-state index contributed by atoms with van der Waals surface area (Å²) in [6.07, 6.45) is 0. The fourth-order valence-electron chi connectivity index (χ4n) is 3.10. The molecule has 0 bridgehead atoms. The van der Waals surface area contributed by atoms with Gasteiger partial charge in [-0.2, -0.15) is 0 Å². The Balaban J connectivity index is 1.98. The molecule has 1 unspecified atom stereocenters. The van der Waals surface area contributed by atoms with Gasteiger partial charge in [-0.1, -0.05) is 23.4 Å². The minimum atomic E-state index is -0.0823. The number of para-hydroxylation sites is 1. The van der Waals surface area contributed by atoms with Gasteiger partial charge in [-0.15, -0.1) is 0 Å². The van der Waals surface area contributed by atoms with E-state index in [9.17, 15) is 4.79 Å². The van der Waals surface area contributed by atoms with Crippen LogP contribution in [-0.2, 0) is 0 Å². The molecule has 1 atom stereocenters. The van der Waals surface area contributed by atoms with Crippen molar-refractivity contribution in [2.75, 3.05) is 26.7 Å². The van der Waals surface area contributed by atoms with Gasteiger partial charge >= 0.3 is 0 Å². The fourth-order valence-corrected chi connectivity index (χ4v) is 3.10. The zero-order valence-corrected chi connectivity index (χ0v) is 13.6. The molecular weight excluding hydrogens is 294 g/mol. The quantitative estimate of drug-likeness (QED) is 0.939. The molecule has 1 aromatic carbocycles. The van der Waals surface area contributed by atoms with E-state index in [4.69, 9.17) is 9.26 Å². The summed E-state index contributed by atoms with van der Waals surface area (Å²) in [7, 11) is 1.65. The number of nitrogens with zero attached hydrogens (tertiary/aromatic N) is 2. The highest BCUT2D eigenvalue weighted by atomic mass is 16.5. The molecule has 2 aromatic rings. The summed E-state index contributed by atoms with van der Waals surface area (Å²) in [5, 5.41) is 7.26. The molecule has 6 nitrogen and oxygen atoms in total. The van der Waals surface area contributed by atoms with Crippen molar-refractivity contribution in [1.82, 2.24) is 15.4 Å². The maximum Gasteiger partial charge on any atom is 0.259 e. The molecule has 122 valence electrons. The molecule has 2 heterocycles. The summed E-state index contributed by atoms with van der Waals surface area (Å²) in [6.45, 7) is 5.65. The number of rotatable bonds is 3. The number of benzene rings is 1. The van der Waals surface area contributed by atoms with Crippen molar-refractivity contribution in [1.29, 1.82) is 0 Å². The monoisotopic (exact) mass is 315 g/mol. The van der Waals surface area contributed by atoms with Crippen molar-refractivity contribution < 1.29 is 14.1 Å². The van der Waals surface area contributed by atoms with E-state index >= 15 is 0 Å². The Hall–Kier alpha value is -2.34. The van der Waals surface area contributed by atoms with Gasteiger partial charge in [0.2, 0.25) is 0 Å². The number of aromatic nitrogens is 1. The highest BCUT2D eigenvalue weighted by Crippen LogP contribution is 2.31. The third kappa shape index (κ3) is 2.82. The number of hydrogen-bond acceptors (Lipinski definition) is 5. The molecule has 1 fully saturated rings. The number of piperazine rings is 1. The topological polar surface area (TPSA) is 67.6 Å². The fraction of sp³-hybridized carbons (Fsp3) is 0.412. The van der Waals surface area contributed by atoms with Gasteiger partial charge in [0.25, 0.3) is 5.91 Å². The number of methoxy groups -OCH3 is 1. The predicted octanol–water partition coefficient (Wildman–Crippen LogP) is 2.09. The maximum absolute atomic E-state index is 13.0. The van der Waals surface area contributed by atoms with E-state index in [2.05, 4.69) is 10.5 Å². The summed E-state index contributed by atoms with van der Waals surface area (Å²) in [6, 6.07) is 7.73. The Kier molecular flexibility index (Phi) is 4.34. The molecule has 1 amide bonds. The lowest BCUT2D eigenvalue weighted by Crippen LogP contribution is -2.49. The van der Waals surface area contributed by atoms with E-state index in [1.54, 1.807) is 21.0 Å². The highest BCUT2D eigenvalue weighted by molar-refractivity contribution is 5.96. The first-order chi connectivity index (χ1) is 11.1. The van der Waals surface area contributed by atoms with E-state index in [1.807, 2.05) is 29.2 Å². The first-order valence-electron chi connectivity index (χ1n) is 7.71. The summed E-state index contributed by atoms with van der Waals surface area (Å²) in [5.74, 6) is 1.31. The van der Waals surface area contributed by atoms with Crippen LogP contribution in [0.2, 0.25) is 0 Å². The van der Waals surface area contributed by atoms with Gasteiger partial charge in [-0.25, -0.2) is 0 Å². The second kappa shape index (κ2) is 6.42. The van der Waals surface area contributed by atoms with Gasteiger partial charge < -0.3 is 19.5 Å². The van der Waals surface area contributed by atoms with Crippen LogP contribution < -0.4 is 10.1 Å². The Bertz CT molecular complexity index is 691. The zero-order valence-electron chi connectivity index (χ0n) is 13.6. The van der Waals surface area contributed by atoms with Crippen LogP contribution in [0.4, 0.5) is 0 Å². The van der Waals surface area contributed by atoms with Gasteiger partial charge in [0.1, 0.15) is 17.1 Å². The number of carbonyl (C=O) groups is 1. The third-order valence-electron chi connectivity index (χ3n) is 4.25. The van der Waals surface area contributed by atoms with Crippen molar-refractivity contribution in [3.8, 4) is 5.75 Å². The van der Waals surface area contributed by atoms with Crippen molar-refractivity contribution >= 4 is 5.91 Å². The Morgan fingerprint density at radius 2 is 2.17 bits per heavy atom. The van der Waals surface area contributed by atoms with Crippen molar-refractivity contribution in [3.05, 3.63) is 46.8 Å². The lowest BCUT2D eigenvalue weighted by Gasteiger charge is -2.37. The summed E-state index contributed by atoms with van der Waals surface area (Å²) in [5.41, 5.74) is 2.19. The van der Waals surface area contributed by atoms with Crippen LogP contribution in [0.5, 0.6) is 5.75 Å². The summed E-state index contributed by atoms with van der Waals surface area (Å²) >= 11 is 0. The van der Waals surface area contributed by atoms with Crippen LogP contribution in [0.1, 0.15) is 33.4 Å². The molecule has 0 saturated carbocycles. The molecule has 23 heavy (non-hydrogen) atoms. The predicted molar refractivity (Wildman–Crippen MR) is 85.6 cm³/mol. The number of aryl methyl sites for hydroxylation is 2. The molecule has 0 aliphatic carbocycles. The SMILES string of the molecule is COc1ccccc1C1CNCCN1C(=O)c1c(C)noc1C. The standard InChI is InChI=1S/C17H21N3O3/c1-11-16(12(2)23-19-11)17(21)20-9-8-18-10-14(20)13-6-4-5-7-15(13)22-3/h4-7,14,18H,8-10H2,1-3H3. The van der Waals surface area contributed by atoms with Gasteiger partial charge in [0, 0.05) is 25.2 Å². The smallest absolute Gasteiger partial charge is 0.259 e. The van der Waals surface area contributed by atoms with Crippen LogP contribution in [-0.4, -0.2) is 42.7 Å². The Morgan fingerprint density at radius 3 is 2.87 bits per heavy atom. The van der Waals surface area contributed by atoms with E-state index in [0.717, 1.165) is 17.9 Å². The molecule has 1 aromatic heterocycles. The van der Waals surface area contributed by atoms with Crippen molar-refractivity contribution in [3.63, 3.8) is 0 Å². The molecule has 0 radical (unpaired) electrons. The second-order valence-corrected chi connectivity index (χ2v) is 5.66. The lowest BCUT2D eigenvalue weighted by atomic mass is 10.0. The van der Waals surface area contributed by atoms with Crippen molar-refractivity contribution in [2.45, 2.75) is 19.9 Å². The molecule has 1 saturated heterocycles. The third-order valence-corrected chi connectivity index (χ3v) is 4.25. The summed E-state index contributed by atoms with van der Waals surface area (Å²) in [4.78, 5) is 14.9. The molecular formula is C17H21N3O3. The van der Waals surface area contributed by atoms with Crippen LogP contribution in [0.25, 0.3) is 0 Å². The highest BCUT2D eigenvalue weighted by Gasteiger charge is 2.33. The van der Waals surface area contributed by atoms with Crippen LogP contribution >= 0.6 is 0 Å². The first-order valence-corrected chi connectivity index (χ1v) is 7.71.